The van der Waals surface area contributed by atoms with E-state index < -0.39 is 12.0 Å². The van der Waals surface area contributed by atoms with Crippen molar-refractivity contribution in [1.82, 2.24) is 14.9 Å². The van der Waals surface area contributed by atoms with Crippen LogP contribution in [0.2, 0.25) is 0 Å². The molecular weight excluding hydrogens is 170 g/mol. The van der Waals surface area contributed by atoms with Gasteiger partial charge in [0.1, 0.15) is 0 Å². The summed E-state index contributed by atoms with van der Waals surface area (Å²) in [6.45, 7) is 0. The molecule has 0 aliphatic rings. The van der Waals surface area contributed by atoms with E-state index in [0.717, 1.165) is 0 Å². The first-order valence-corrected chi connectivity index (χ1v) is 3.78. The van der Waals surface area contributed by atoms with Crippen molar-refractivity contribution in [2.45, 2.75) is 6.04 Å². The Morgan fingerprint density at radius 3 is 2.62 bits per heavy atom. The van der Waals surface area contributed by atoms with Crippen LogP contribution in [0.15, 0.2) is 18.6 Å². The van der Waals surface area contributed by atoms with Gasteiger partial charge in [0.15, 0.2) is 6.04 Å². The highest BCUT2D eigenvalue weighted by molar-refractivity contribution is 5.74. The Hall–Kier alpha value is -1.49. The molecule has 0 bridgehead atoms. The molecule has 1 rings (SSSR count). The quantitative estimate of drug-likeness (QED) is 0.719. The third-order valence-electron chi connectivity index (χ3n) is 1.61. The Bertz CT molecular complexity index is 287. The molecule has 0 spiro atoms. The van der Waals surface area contributed by atoms with E-state index in [-0.39, 0.29) is 0 Å². The second-order valence-corrected chi connectivity index (χ2v) is 2.83. The lowest BCUT2D eigenvalue weighted by Crippen LogP contribution is -2.28. The maximum atomic E-state index is 10.8. The first kappa shape index (κ1) is 9.60. The molecule has 1 atom stereocenters. The maximum Gasteiger partial charge on any atom is 0.327 e. The van der Waals surface area contributed by atoms with E-state index in [2.05, 4.69) is 9.97 Å². The van der Waals surface area contributed by atoms with Crippen LogP contribution in [0.25, 0.3) is 0 Å². The topological polar surface area (TPSA) is 66.3 Å². The molecule has 0 saturated carbocycles. The van der Waals surface area contributed by atoms with E-state index >= 15 is 0 Å². The lowest BCUT2D eigenvalue weighted by Gasteiger charge is -2.18. The molecular formula is C8H11N3O2. The van der Waals surface area contributed by atoms with Gasteiger partial charge in [0.2, 0.25) is 0 Å². The minimum atomic E-state index is -0.925. The zero-order valence-corrected chi connectivity index (χ0v) is 7.51. The SMILES string of the molecule is CN(C)C(C(=O)O)c1cnccn1. The summed E-state index contributed by atoms with van der Waals surface area (Å²) in [6.07, 6.45) is 4.45. The van der Waals surface area contributed by atoms with Crippen molar-refractivity contribution in [1.29, 1.82) is 0 Å². The van der Waals surface area contributed by atoms with Crippen LogP contribution in [0.4, 0.5) is 0 Å². The van der Waals surface area contributed by atoms with E-state index in [0.29, 0.717) is 5.69 Å². The monoisotopic (exact) mass is 181 g/mol. The Morgan fingerprint density at radius 2 is 2.23 bits per heavy atom. The van der Waals surface area contributed by atoms with Crippen molar-refractivity contribution in [2.24, 2.45) is 0 Å². The van der Waals surface area contributed by atoms with Gasteiger partial charge in [-0.15, -0.1) is 0 Å². The van der Waals surface area contributed by atoms with Gasteiger partial charge < -0.3 is 5.11 Å². The number of carbonyl (C=O) groups is 1. The molecule has 0 amide bonds. The standard InChI is InChI=1S/C8H11N3O2/c1-11(2)7(8(12)13)6-5-9-3-4-10-6/h3-5,7H,1-2H3,(H,12,13). The van der Waals surface area contributed by atoms with Crippen LogP contribution in [0, 0.1) is 0 Å². The van der Waals surface area contributed by atoms with Crippen LogP contribution in [-0.4, -0.2) is 40.0 Å². The number of carboxylic acids is 1. The molecule has 1 heterocycles. The van der Waals surface area contributed by atoms with Gasteiger partial charge in [-0.25, -0.2) is 0 Å². The van der Waals surface area contributed by atoms with Gasteiger partial charge in [0, 0.05) is 12.4 Å². The van der Waals surface area contributed by atoms with Crippen molar-refractivity contribution < 1.29 is 9.90 Å². The predicted octanol–water partition coefficient (Wildman–Crippen LogP) is 0.164. The third-order valence-corrected chi connectivity index (χ3v) is 1.61. The molecule has 0 aliphatic carbocycles. The van der Waals surface area contributed by atoms with Crippen molar-refractivity contribution >= 4 is 5.97 Å². The zero-order valence-electron chi connectivity index (χ0n) is 7.51. The van der Waals surface area contributed by atoms with Gasteiger partial charge in [0.25, 0.3) is 0 Å². The average Bonchev–Trinajstić information content (AvgIpc) is 2.04. The highest BCUT2D eigenvalue weighted by Gasteiger charge is 2.23. The van der Waals surface area contributed by atoms with Crippen molar-refractivity contribution in [3.05, 3.63) is 24.3 Å². The lowest BCUT2D eigenvalue weighted by atomic mass is 10.2. The number of nitrogens with zero attached hydrogens (tertiary/aromatic N) is 3. The summed E-state index contributed by atoms with van der Waals surface area (Å²) in [7, 11) is 3.38. The number of carboxylic acid groups (broad SMARTS) is 1. The summed E-state index contributed by atoms with van der Waals surface area (Å²) in [5.41, 5.74) is 0.444. The predicted molar refractivity (Wildman–Crippen MR) is 46.1 cm³/mol. The summed E-state index contributed by atoms with van der Waals surface area (Å²) in [5.74, 6) is -0.925. The Labute approximate surface area is 76.0 Å². The average molecular weight is 181 g/mol. The molecule has 0 aromatic carbocycles. The van der Waals surface area contributed by atoms with Crippen LogP contribution < -0.4 is 0 Å². The summed E-state index contributed by atoms with van der Waals surface area (Å²) in [6, 6.07) is -0.728. The molecule has 5 nitrogen and oxygen atoms in total. The van der Waals surface area contributed by atoms with E-state index in [1.165, 1.54) is 18.6 Å². The molecule has 0 fully saturated rings. The zero-order chi connectivity index (χ0) is 9.84. The number of hydrogen-bond acceptors (Lipinski definition) is 4. The van der Waals surface area contributed by atoms with Gasteiger partial charge in [-0.1, -0.05) is 0 Å². The summed E-state index contributed by atoms with van der Waals surface area (Å²) < 4.78 is 0. The molecule has 0 aliphatic heterocycles. The minimum absolute atomic E-state index is 0.444. The minimum Gasteiger partial charge on any atom is -0.480 e. The number of likely N-dealkylation sites (N-methyl/N-ethyl adjacent to an activating group) is 1. The Morgan fingerprint density at radius 1 is 1.54 bits per heavy atom. The van der Waals surface area contributed by atoms with Crippen LogP contribution in [0.3, 0.4) is 0 Å². The largest absolute Gasteiger partial charge is 0.480 e. The van der Waals surface area contributed by atoms with Crippen molar-refractivity contribution in [2.75, 3.05) is 14.1 Å². The van der Waals surface area contributed by atoms with E-state index in [1.54, 1.807) is 19.0 Å². The van der Waals surface area contributed by atoms with Crippen molar-refractivity contribution in [3.63, 3.8) is 0 Å². The second kappa shape index (κ2) is 3.95. The lowest BCUT2D eigenvalue weighted by molar-refractivity contribution is -0.142. The molecule has 0 saturated heterocycles. The Balaban J connectivity index is 2.96. The summed E-state index contributed by atoms with van der Waals surface area (Å²) >= 11 is 0. The van der Waals surface area contributed by atoms with E-state index in [1.807, 2.05) is 0 Å². The fourth-order valence-corrected chi connectivity index (χ4v) is 1.06. The van der Waals surface area contributed by atoms with E-state index in [4.69, 9.17) is 5.11 Å². The van der Waals surface area contributed by atoms with E-state index in [9.17, 15) is 4.79 Å². The maximum absolute atomic E-state index is 10.8. The molecule has 1 N–H and O–H groups in total. The summed E-state index contributed by atoms with van der Waals surface area (Å²) in [5, 5.41) is 8.89. The van der Waals surface area contributed by atoms with Gasteiger partial charge >= 0.3 is 5.97 Å². The van der Waals surface area contributed by atoms with Gasteiger partial charge in [-0.2, -0.15) is 0 Å². The van der Waals surface area contributed by atoms with Crippen LogP contribution >= 0.6 is 0 Å². The first-order chi connectivity index (χ1) is 6.13. The highest BCUT2D eigenvalue weighted by Crippen LogP contribution is 2.13. The molecule has 1 aromatic rings. The molecule has 0 radical (unpaired) electrons. The summed E-state index contributed by atoms with van der Waals surface area (Å²) in [4.78, 5) is 20.2. The smallest absolute Gasteiger partial charge is 0.327 e. The van der Waals surface area contributed by atoms with Gasteiger partial charge in [-0.3, -0.25) is 19.7 Å². The number of hydrogen-bond donors (Lipinski definition) is 1. The Kier molecular flexibility index (Phi) is 2.92. The van der Waals surface area contributed by atoms with Crippen molar-refractivity contribution in [3.8, 4) is 0 Å². The highest BCUT2D eigenvalue weighted by atomic mass is 16.4. The second-order valence-electron chi connectivity index (χ2n) is 2.83. The van der Waals surface area contributed by atoms with Gasteiger partial charge in [0.05, 0.1) is 11.9 Å². The van der Waals surface area contributed by atoms with Gasteiger partial charge in [-0.05, 0) is 14.1 Å². The first-order valence-electron chi connectivity index (χ1n) is 3.78. The third kappa shape index (κ3) is 2.22. The molecule has 5 heteroatoms. The normalized spacial score (nSPS) is 12.8. The van der Waals surface area contributed by atoms with Crippen LogP contribution in [0.1, 0.15) is 11.7 Å². The fourth-order valence-electron chi connectivity index (χ4n) is 1.06. The van der Waals surface area contributed by atoms with Crippen LogP contribution in [-0.2, 0) is 4.79 Å². The molecule has 13 heavy (non-hydrogen) atoms. The molecule has 1 aromatic heterocycles. The van der Waals surface area contributed by atoms with Crippen LogP contribution in [0.5, 0.6) is 0 Å². The molecule has 1 unspecified atom stereocenters. The number of rotatable bonds is 3. The number of aliphatic carboxylic acids is 1. The fraction of sp³-hybridized carbons (Fsp3) is 0.375. The number of aromatic nitrogens is 2. The molecule has 70 valence electrons.